The van der Waals surface area contributed by atoms with E-state index >= 15 is 0 Å². The lowest BCUT2D eigenvalue weighted by Gasteiger charge is -2.08. The van der Waals surface area contributed by atoms with Crippen molar-refractivity contribution in [3.8, 4) is 5.75 Å². The first-order valence-corrected chi connectivity index (χ1v) is 4.21. The van der Waals surface area contributed by atoms with E-state index < -0.39 is 5.91 Å². The standard InChI is InChI=1S/C9H12N2O3/c1-6(2)14-11-9(13)8-7(12)4-3-5-10-8/h3-6,12H,1-2H3,(H,11,13). The minimum Gasteiger partial charge on any atom is -0.505 e. The van der Waals surface area contributed by atoms with E-state index in [9.17, 15) is 9.90 Å². The van der Waals surface area contributed by atoms with Gasteiger partial charge in [0.05, 0.1) is 6.10 Å². The number of carbonyl (C=O) groups excluding carboxylic acids is 1. The summed E-state index contributed by atoms with van der Waals surface area (Å²) < 4.78 is 0. The molecule has 1 amide bonds. The Hall–Kier alpha value is -1.62. The van der Waals surface area contributed by atoms with E-state index in [1.54, 1.807) is 13.8 Å². The Labute approximate surface area is 81.7 Å². The number of nitrogens with zero attached hydrogens (tertiary/aromatic N) is 1. The first-order valence-electron chi connectivity index (χ1n) is 4.21. The summed E-state index contributed by atoms with van der Waals surface area (Å²) in [5, 5.41) is 9.27. The van der Waals surface area contributed by atoms with Gasteiger partial charge in [-0.05, 0) is 26.0 Å². The molecule has 14 heavy (non-hydrogen) atoms. The number of pyridine rings is 1. The van der Waals surface area contributed by atoms with Crippen molar-refractivity contribution in [2.24, 2.45) is 0 Å². The molecule has 5 heteroatoms. The maximum atomic E-state index is 11.3. The minimum absolute atomic E-state index is 0.0480. The molecule has 76 valence electrons. The highest BCUT2D eigenvalue weighted by Gasteiger charge is 2.12. The number of amides is 1. The van der Waals surface area contributed by atoms with Crippen molar-refractivity contribution >= 4 is 5.91 Å². The van der Waals surface area contributed by atoms with Crippen LogP contribution in [-0.2, 0) is 4.84 Å². The summed E-state index contributed by atoms with van der Waals surface area (Å²) in [4.78, 5) is 19.9. The Morgan fingerprint density at radius 1 is 1.64 bits per heavy atom. The van der Waals surface area contributed by atoms with Gasteiger partial charge >= 0.3 is 0 Å². The Balaban J connectivity index is 2.65. The van der Waals surface area contributed by atoms with Gasteiger partial charge in [0.2, 0.25) is 0 Å². The van der Waals surface area contributed by atoms with Crippen LogP contribution >= 0.6 is 0 Å². The van der Waals surface area contributed by atoms with Gasteiger partial charge in [0.15, 0.2) is 5.69 Å². The van der Waals surface area contributed by atoms with Gasteiger partial charge < -0.3 is 5.11 Å². The Morgan fingerprint density at radius 2 is 2.36 bits per heavy atom. The zero-order valence-electron chi connectivity index (χ0n) is 8.02. The molecular formula is C9H12N2O3. The summed E-state index contributed by atoms with van der Waals surface area (Å²) in [6.45, 7) is 3.55. The Bertz CT molecular complexity index is 326. The molecule has 0 aromatic carbocycles. The highest BCUT2D eigenvalue weighted by Crippen LogP contribution is 2.11. The van der Waals surface area contributed by atoms with Gasteiger partial charge in [0, 0.05) is 6.20 Å². The minimum atomic E-state index is -0.559. The van der Waals surface area contributed by atoms with Crippen LogP contribution in [0.1, 0.15) is 24.3 Å². The molecule has 0 saturated carbocycles. The molecule has 5 nitrogen and oxygen atoms in total. The number of aromatic hydroxyl groups is 1. The highest BCUT2D eigenvalue weighted by molar-refractivity contribution is 5.93. The van der Waals surface area contributed by atoms with Gasteiger partial charge in [-0.15, -0.1) is 0 Å². The van der Waals surface area contributed by atoms with E-state index in [1.807, 2.05) is 0 Å². The lowest BCUT2D eigenvalue weighted by molar-refractivity contribution is -0.000305. The number of hydrogen-bond donors (Lipinski definition) is 2. The SMILES string of the molecule is CC(C)ONC(=O)c1ncccc1O. The Kier molecular flexibility index (Phi) is 3.41. The molecule has 0 saturated heterocycles. The van der Waals surface area contributed by atoms with Gasteiger partial charge in [-0.3, -0.25) is 9.63 Å². The van der Waals surface area contributed by atoms with Gasteiger partial charge in [-0.2, -0.15) is 0 Å². The van der Waals surface area contributed by atoms with Crippen LogP contribution in [0.25, 0.3) is 0 Å². The third-order valence-electron chi connectivity index (χ3n) is 1.39. The quantitative estimate of drug-likeness (QED) is 0.703. The second-order valence-electron chi connectivity index (χ2n) is 2.97. The van der Waals surface area contributed by atoms with E-state index in [2.05, 4.69) is 10.5 Å². The summed E-state index contributed by atoms with van der Waals surface area (Å²) in [6, 6.07) is 2.92. The molecule has 2 N–H and O–H groups in total. The number of aromatic nitrogens is 1. The molecule has 1 rings (SSSR count). The van der Waals surface area contributed by atoms with Gasteiger partial charge in [0.1, 0.15) is 5.75 Å². The fraction of sp³-hybridized carbons (Fsp3) is 0.333. The Morgan fingerprint density at radius 3 is 2.93 bits per heavy atom. The van der Waals surface area contributed by atoms with Crippen LogP contribution in [0, 0.1) is 0 Å². The van der Waals surface area contributed by atoms with Crippen molar-refractivity contribution in [2.45, 2.75) is 20.0 Å². The van der Waals surface area contributed by atoms with Crippen LogP contribution in [0.15, 0.2) is 18.3 Å². The van der Waals surface area contributed by atoms with E-state index in [0.29, 0.717) is 0 Å². The van der Waals surface area contributed by atoms with Crippen molar-refractivity contribution in [1.29, 1.82) is 0 Å². The first-order chi connectivity index (χ1) is 6.61. The summed E-state index contributed by atoms with van der Waals surface area (Å²) in [5.41, 5.74) is 2.13. The van der Waals surface area contributed by atoms with Gasteiger partial charge in [-0.1, -0.05) is 0 Å². The molecule has 1 aromatic heterocycles. The monoisotopic (exact) mass is 196 g/mol. The normalized spacial score (nSPS) is 10.2. The summed E-state index contributed by atoms with van der Waals surface area (Å²) in [7, 11) is 0. The van der Waals surface area contributed by atoms with Crippen LogP contribution < -0.4 is 5.48 Å². The van der Waals surface area contributed by atoms with E-state index in [0.717, 1.165) is 0 Å². The van der Waals surface area contributed by atoms with Crippen LogP contribution in [-0.4, -0.2) is 22.1 Å². The molecule has 0 aliphatic heterocycles. The van der Waals surface area contributed by atoms with Crippen LogP contribution in [0.4, 0.5) is 0 Å². The smallest absolute Gasteiger partial charge is 0.297 e. The molecule has 0 fully saturated rings. The zero-order valence-corrected chi connectivity index (χ0v) is 8.02. The number of hydroxylamine groups is 1. The van der Waals surface area contributed by atoms with Crippen LogP contribution in [0.2, 0.25) is 0 Å². The predicted molar refractivity (Wildman–Crippen MR) is 49.6 cm³/mol. The number of rotatable bonds is 3. The lowest BCUT2D eigenvalue weighted by atomic mass is 10.3. The average Bonchev–Trinajstić information content (AvgIpc) is 2.15. The van der Waals surface area contributed by atoms with Crippen LogP contribution in [0.5, 0.6) is 5.75 Å². The summed E-state index contributed by atoms with van der Waals surface area (Å²) in [5.74, 6) is -0.728. The largest absolute Gasteiger partial charge is 0.505 e. The van der Waals surface area contributed by atoms with Crippen molar-refractivity contribution in [1.82, 2.24) is 10.5 Å². The molecule has 0 unspecified atom stereocenters. The topological polar surface area (TPSA) is 71.5 Å². The third kappa shape index (κ3) is 2.70. The third-order valence-corrected chi connectivity index (χ3v) is 1.39. The number of hydrogen-bond acceptors (Lipinski definition) is 4. The zero-order chi connectivity index (χ0) is 10.6. The molecule has 0 aliphatic rings. The molecular weight excluding hydrogens is 184 g/mol. The van der Waals surface area contributed by atoms with Gasteiger partial charge in [0.25, 0.3) is 5.91 Å². The fourth-order valence-corrected chi connectivity index (χ4v) is 0.791. The average molecular weight is 196 g/mol. The van der Waals surface area contributed by atoms with E-state index in [-0.39, 0.29) is 17.5 Å². The molecule has 1 heterocycles. The molecule has 0 bridgehead atoms. The maximum absolute atomic E-state index is 11.3. The van der Waals surface area contributed by atoms with E-state index in [4.69, 9.17) is 4.84 Å². The lowest BCUT2D eigenvalue weighted by Crippen LogP contribution is -2.27. The molecule has 0 spiro atoms. The second-order valence-corrected chi connectivity index (χ2v) is 2.97. The number of nitrogens with one attached hydrogen (secondary N) is 1. The number of carbonyl (C=O) groups is 1. The van der Waals surface area contributed by atoms with Crippen LogP contribution in [0.3, 0.4) is 0 Å². The summed E-state index contributed by atoms with van der Waals surface area (Å²) >= 11 is 0. The van der Waals surface area contributed by atoms with Crippen molar-refractivity contribution < 1.29 is 14.7 Å². The van der Waals surface area contributed by atoms with E-state index in [1.165, 1.54) is 18.3 Å². The van der Waals surface area contributed by atoms with Crippen molar-refractivity contribution in [3.05, 3.63) is 24.0 Å². The molecule has 0 aliphatic carbocycles. The van der Waals surface area contributed by atoms with Gasteiger partial charge in [-0.25, -0.2) is 10.5 Å². The fourth-order valence-electron chi connectivity index (χ4n) is 0.791. The maximum Gasteiger partial charge on any atom is 0.297 e. The van der Waals surface area contributed by atoms with Crippen molar-refractivity contribution in [3.63, 3.8) is 0 Å². The molecule has 0 atom stereocenters. The predicted octanol–water partition coefficient (Wildman–Crippen LogP) is 0.857. The molecule has 0 radical (unpaired) electrons. The van der Waals surface area contributed by atoms with Crippen molar-refractivity contribution in [2.75, 3.05) is 0 Å². The second kappa shape index (κ2) is 4.57. The molecule has 1 aromatic rings. The summed E-state index contributed by atoms with van der Waals surface area (Å²) in [6.07, 6.45) is 1.30. The highest BCUT2D eigenvalue weighted by atomic mass is 16.7. The first kappa shape index (κ1) is 10.5.